The summed E-state index contributed by atoms with van der Waals surface area (Å²) in [5, 5.41) is 3.26. The number of hydrogen-bond donors (Lipinski definition) is 2. The summed E-state index contributed by atoms with van der Waals surface area (Å²) in [4.78, 5) is 10.4. The summed E-state index contributed by atoms with van der Waals surface area (Å²) in [7, 11) is 4.06. The number of nitrogens with zero attached hydrogens (tertiary/aromatic N) is 3. The number of nitrogens with two attached hydrogens (primary N) is 1. The van der Waals surface area contributed by atoms with Crippen LogP contribution in [0.5, 0.6) is 0 Å². The summed E-state index contributed by atoms with van der Waals surface area (Å²) in [6.45, 7) is 5.16. The molecule has 6 heteroatoms. The molecule has 0 spiro atoms. The molecule has 0 unspecified atom stereocenters. The summed E-state index contributed by atoms with van der Waals surface area (Å²) in [6.07, 6.45) is 3.39. The number of nitrogen functional groups attached to an aromatic ring is 1. The lowest BCUT2D eigenvalue weighted by atomic mass is 10.1. The Balaban J connectivity index is 2.34. The number of nitrogens with one attached hydrogen (secondary N) is 1. The highest BCUT2D eigenvalue weighted by molar-refractivity contribution is 5.54. The minimum Gasteiger partial charge on any atom is -0.383 e. The standard InChI is InChI=1S/C13H25N5O/c1-4-5-11-12(14)16-10-17-13(11)15-6-8-19-9-7-18(2)3/h10H,4-9H2,1-3H3,(H3,14,15,16,17). The molecule has 6 nitrogen and oxygen atoms in total. The molecule has 0 aliphatic rings. The van der Waals surface area contributed by atoms with Crippen LogP contribution in [0, 0.1) is 0 Å². The van der Waals surface area contributed by atoms with Gasteiger partial charge in [-0.1, -0.05) is 13.3 Å². The highest BCUT2D eigenvalue weighted by Gasteiger charge is 2.07. The van der Waals surface area contributed by atoms with Crippen LogP contribution in [-0.4, -0.2) is 55.3 Å². The highest BCUT2D eigenvalue weighted by atomic mass is 16.5. The predicted molar refractivity (Wildman–Crippen MR) is 78.3 cm³/mol. The van der Waals surface area contributed by atoms with Crippen LogP contribution in [0.2, 0.25) is 0 Å². The maximum absolute atomic E-state index is 5.86. The third kappa shape index (κ3) is 5.85. The number of hydrogen-bond acceptors (Lipinski definition) is 6. The van der Waals surface area contributed by atoms with Crippen LogP contribution in [-0.2, 0) is 11.2 Å². The molecule has 0 radical (unpaired) electrons. The third-order valence-corrected chi connectivity index (χ3v) is 2.70. The van der Waals surface area contributed by atoms with Crippen LogP contribution in [0.3, 0.4) is 0 Å². The Morgan fingerprint density at radius 1 is 1.32 bits per heavy atom. The highest BCUT2D eigenvalue weighted by Crippen LogP contribution is 2.18. The molecule has 0 saturated carbocycles. The van der Waals surface area contributed by atoms with Gasteiger partial charge >= 0.3 is 0 Å². The van der Waals surface area contributed by atoms with Gasteiger partial charge in [-0.05, 0) is 20.5 Å². The van der Waals surface area contributed by atoms with Gasteiger partial charge in [0.1, 0.15) is 18.0 Å². The fraction of sp³-hybridized carbons (Fsp3) is 0.692. The van der Waals surface area contributed by atoms with E-state index in [9.17, 15) is 0 Å². The van der Waals surface area contributed by atoms with E-state index in [-0.39, 0.29) is 0 Å². The van der Waals surface area contributed by atoms with E-state index in [1.807, 2.05) is 14.1 Å². The van der Waals surface area contributed by atoms with Crippen molar-refractivity contribution in [1.82, 2.24) is 14.9 Å². The van der Waals surface area contributed by atoms with Gasteiger partial charge in [0.15, 0.2) is 0 Å². The van der Waals surface area contributed by atoms with E-state index in [2.05, 4.69) is 27.1 Å². The largest absolute Gasteiger partial charge is 0.383 e. The van der Waals surface area contributed by atoms with Gasteiger partial charge in [-0.25, -0.2) is 9.97 Å². The second-order valence-corrected chi connectivity index (χ2v) is 4.68. The molecule has 1 heterocycles. The van der Waals surface area contributed by atoms with Crippen molar-refractivity contribution in [1.29, 1.82) is 0 Å². The van der Waals surface area contributed by atoms with Gasteiger partial charge in [-0.15, -0.1) is 0 Å². The number of likely N-dealkylation sites (N-methyl/N-ethyl adjacent to an activating group) is 1. The van der Waals surface area contributed by atoms with Crippen LogP contribution in [0.1, 0.15) is 18.9 Å². The lowest BCUT2D eigenvalue weighted by Gasteiger charge is -2.13. The first-order valence-electron chi connectivity index (χ1n) is 6.70. The number of ether oxygens (including phenoxy) is 1. The van der Waals surface area contributed by atoms with Crippen LogP contribution >= 0.6 is 0 Å². The van der Waals surface area contributed by atoms with Crippen molar-refractivity contribution < 1.29 is 4.74 Å². The maximum atomic E-state index is 5.86. The van der Waals surface area contributed by atoms with E-state index in [1.54, 1.807) is 0 Å². The molecule has 108 valence electrons. The van der Waals surface area contributed by atoms with Gasteiger partial charge in [-0.3, -0.25) is 0 Å². The van der Waals surface area contributed by atoms with E-state index in [4.69, 9.17) is 10.5 Å². The first kappa shape index (κ1) is 15.7. The Labute approximate surface area is 115 Å². The molecule has 1 aromatic rings. The molecule has 3 N–H and O–H groups in total. The molecule has 1 rings (SSSR count). The van der Waals surface area contributed by atoms with Crippen molar-refractivity contribution in [2.45, 2.75) is 19.8 Å². The minimum absolute atomic E-state index is 0.563. The third-order valence-electron chi connectivity index (χ3n) is 2.70. The average Bonchev–Trinajstić information content (AvgIpc) is 2.37. The second kappa shape index (κ2) is 8.66. The van der Waals surface area contributed by atoms with E-state index in [1.165, 1.54) is 6.33 Å². The zero-order valence-electron chi connectivity index (χ0n) is 12.1. The van der Waals surface area contributed by atoms with E-state index < -0.39 is 0 Å². The van der Waals surface area contributed by atoms with Gasteiger partial charge in [0.25, 0.3) is 0 Å². The Morgan fingerprint density at radius 3 is 2.79 bits per heavy atom. The Morgan fingerprint density at radius 2 is 2.11 bits per heavy atom. The van der Waals surface area contributed by atoms with Gasteiger partial charge in [-0.2, -0.15) is 0 Å². The van der Waals surface area contributed by atoms with Gasteiger partial charge in [0.05, 0.1) is 13.2 Å². The monoisotopic (exact) mass is 267 g/mol. The van der Waals surface area contributed by atoms with Crippen molar-refractivity contribution in [3.63, 3.8) is 0 Å². The Hall–Kier alpha value is -1.40. The zero-order chi connectivity index (χ0) is 14.1. The van der Waals surface area contributed by atoms with Crippen LogP contribution < -0.4 is 11.1 Å². The smallest absolute Gasteiger partial charge is 0.134 e. The second-order valence-electron chi connectivity index (χ2n) is 4.68. The van der Waals surface area contributed by atoms with E-state index in [0.29, 0.717) is 12.4 Å². The molecule has 0 aliphatic heterocycles. The molecule has 0 amide bonds. The molecular formula is C13H25N5O. The van der Waals surface area contributed by atoms with Gasteiger partial charge < -0.3 is 20.7 Å². The van der Waals surface area contributed by atoms with Gasteiger partial charge in [0.2, 0.25) is 0 Å². The molecule has 0 fully saturated rings. The Kier molecular flexibility index (Phi) is 7.14. The normalized spacial score (nSPS) is 10.9. The van der Waals surface area contributed by atoms with Crippen molar-refractivity contribution in [3.8, 4) is 0 Å². The molecule has 1 aromatic heterocycles. The topological polar surface area (TPSA) is 76.3 Å². The first-order valence-corrected chi connectivity index (χ1v) is 6.70. The number of anilines is 2. The van der Waals surface area contributed by atoms with Crippen LogP contribution in [0.4, 0.5) is 11.6 Å². The molecule has 0 aromatic carbocycles. The van der Waals surface area contributed by atoms with Crippen molar-refractivity contribution in [3.05, 3.63) is 11.9 Å². The van der Waals surface area contributed by atoms with Crippen LogP contribution in [0.25, 0.3) is 0 Å². The fourth-order valence-corrected chi connectivity index (χ4v) is 1.67. The number of aromatic nitrogens is 2. The zero-order valence-corrected chi connectivity index (χ0v) is 12.1. The van der Waals surface area contributed by atoms with Gasteiger partial charge in [0, 0.05) is 18.7 Å². The molecule has 0 aliphatic carbocycles. The van der Waals surface area contributed by atoms with E-state index >= 15 is 0 Å². The van der Waals surface area contributed by atoms with E-state index in [0.717, 1.165) is 43.9 Å². The molecule has 0 atom stereocenters. The molecule has 0 bridgehead atoms. The summed E-state index contributed by atoms with van der Waals surface area (Å²) < 4.78 is 5.52. The summed E-state index contributed by atoms with van der Waals surface area (Å²) in [5.74, 6) is 1.39. The summed E-state index contributed by atoms with van der Waals surface area (Å²) in [6, 6.07) is 0. The predicted octanol–water partition coefficient (Wildman–Crippen LogP) is 1.00. The maximum Gasteiger partial charge on any atom is 0.134 e. The van der Waals surface area contributed by atoms with Crippen molar-refractivity contribution in [2.75, 3.05) is 51.4 Å². The average molecular weight is 267 g/mol. The molecule has 0 saturated heterocycles. The first-order chi connectivity index (χ1) is 9.15. The lowest BCUT2D eigenvalue weighted by Crippen LogP contribution is -2.20. The van der Waals surface area contributed by atoms with Crippen molar-refractivity contribution >= 4 is 11.6 Å². The summed E-state index contributed by atoms with van der Waals surface area (Å²) >= 11 is 0. The SMILES string of the molecule is CCCc1c(N)ncnc1NCCOCCN(C)C. The quantitative estimate of drug-likeness (QED) is 0.650. The molecular weight excluding hydrogens is 242 g/mol. The van der Waals surface area contributed by atoms with Crippen LogP contribution in [0.15, 0.2) is 6.33 Å². The number of rotatable bonds is 9. The van der Waals surface area contributed by atoms with Crippen molar-refractivity contribution in [2.24, 2.45) is 0 Å². The Bertz CT molecular complexity index is 370. The molecule has 19 heavy (non-hydrogen) atoms. The fourth-order valence-electron chi connectivity index (χ4n) is 1.67. The summed E-state index contributed by atoms with van der Waals surface area (Å²) in [5.41, 5.74) is 6.86. The minimum atomic E-state index is 0.563. The lowest BCUT2D eigenvalue weighted by molar-refractivity contribution is 0.126.